The molecule has 0 aliphatic carbocycles. The van der Waals surface area contributed by atoms with Gasteiger partial charge in [-0.3, -0.25) is 19.4 Å². The van der Waals surface area contributed by atoms with Crippen LogP contribution in [0.2, 0.25) is 5.02 Å². The number of Topliss-reactive ketones (excluding diaryl/α,β-unsaturated/α-hetero) is 1. The van der Waals surface area contributed by atoms with E-state index in [1.807, 2.05) is 6.07 Å². The topological polar surface area (TPSA) is 85.4 Å². The number of ether oxygens (including phenoxy) is 1. The fraction of sp³-hybridized carbons (Fsp3) is 0.200. The van der Waals surface area contributed by atoms with Crippen molar-refractivity contribution in [1.82, 2.24) is 4.98 Å². The van der Waals surface area contributed by atoms with E-state index in [1.165, 1.54) is 24.3 Å². The monoisotopic (exact) mass is 504 g/mol. The predicted octanol–water partition coefficient (Wildman–Crippen LogP) is 5.89. The summed E-state index contributed by atoms with van der Waals surface area (Å²) in [5, 5.41) is 2.22. The fourth-order valence-corrected chi connectivity index (χ4v) is 3.26. The van der Waals surface area contributed by atoms with Gasteiger partial charge in [0.05, 0.1) is 28.3 Å². The number of alkyl halides is 3. The second-order valence-corrected chi connectivity index (χ2v) is 7.92. The van der Waals surface area contributed by atoms with Crippen molar-refractivity contribution in [3.8, 4) is 5.75 Å². The van der Waals surface area contributed by atoms with Crippen LogP contribution in [0, 0.1) is 0 Å². The van der Waals surface area contributed by atoms with Crippen LogP contribution in [-0.4, -0.2) is 22.6 Å². The summed E-state index contributed by atoms with van der Waals surface area (Å²) >= 11 is 5.93. The number of benzene rings is 2. The van der Waals surface area contributed by atoms with Crippen LogP contribution in [0.3, 0.4) is 0 Å². The first kappa shape index (κ1) is 25.9. The standard InChI is InChI=1S/C25H20ClF3N2O4/c26-20-11-8-17(25(27,28)29)14-21(20)31-24(34)19-5-1-2-6-22(19)35-23(33)12-10-18(32)9-7-16-4-3-13-30-15-16/h1-6,8,11,13-15H,7,9-10,12H2,(H,31,34). The van der Waals surface area contributed by atoms with Gasteiger partial charge in [-0.05, 0) is 48.4 Å². The van der Waals surface area contributed by atoms with Gasteiger partial charge < -0.3 is 10.1 Å². The second kappa shape index (κ2) is 11.6. The third-order valence-electron chi connectivity index (χ3n) is 4.92. The number of hydrogen-bond acceptors (Lipinski definition) is 5. The molecule has 182 valence electrons. The van der Waals surface area contributed by atoms with Crippen LogP contribution in [0.4, 0.5) is 18.9 Å². The molecule has 3 rings (SSSR count). The number of rotatable bonds is 9. The summed E-state index contributed by atoms with van der Waals surface area (Å²) in [6, 6.07) is 11.9. The molecule has 1 amide bonds. The van der Waals surface area contributed by atoms with Gasteiger partial charge in [-0.15, -0.1) is 0 Å². The summed E-state index contributed by atoms with van der Waals surface area (Å²) in [5.74, 6) is -1.77. The van der Waals surface area contributed by atoms with Crippen molar-refractivity contribution in [3.05, 3.63) is 88.7 Å². The van der Waals surface area contributed by atoms with Crippen molar-refractivity contribution < 1.29 is 32.3 Å². The van der Waals surface area contributed by atoms with Gasteiger partial charge in [0.1, 0.15) is 11.5 Å². The van der Waals surface area contributed by atoms with Crippen LogP contribution >= 0.6 is 11.6 Å². The smallest absolute Gasteiger partial charge is 0.416 e. The summed E-state index contributed by atoms with van der Waals surface area (Å²) in [6.45, 7) is 0. The maximum absolute atomic E-state index is 13.0. The Morgan fingerprint density at radius 3 is 2.46 bits per heavy atom. The van der Waals surface area contributed by atoms with Gasteiger partial charge in [0.15, 0.2) is 0 Å². The number of carbonyl (C=O) groups excluding carboxylic acids is 3. The van der Waals surface area contributed by atoms with Gasteiger partial charge >= 0.3 is 12.1 Å². The van der Waals surface area contributed by atoms with Crippen molar-refractivity contribution in [1.29, 1.82) is 0 Å². The first-order chi connectivity index (χ1) is 16.6. The average Bonchev–Trinajstić information content (AvgIpc) is 2.83. The van der Waals surface area contributed by atoms with E-state index in [4.69, 9.17) is 16.3 Å². The molecule has 0 aliphatic rings. The normalized spacial score (nSPS) is 11.1. The van der Waals surface area contributed by atoms with E-state index in [-0.39, 0.29) is 47.1 Å². The number of nitrogens with zero attached hydrogens (tertiary/aromatic N) is 1. The molecular formula is C25H20ClF3N2O4. The Balaban J connectivity index is 1.60. The molecule has 0 unspecified atom stereocenters. The molecule has 0 bridgehead atoms. The van der Waals surface area contributed by atoms with Crippen LogP contribution in [0.25, 0.3) is 0 Å². The number of aryl methyl sites for hydroxylation is 1. The number of nitrogens with one attached hydrogen (secondary N) is 1. The van der Waals surface area contributed by atoms with E-state index in [0.29, 0.717) is 12.5 Å². The maximum atomic E-state index is 13.0. The highest BCUT2D eigenvalue weighted by molar-refractivity contribution is 6.34. The van der Waals surface area contributed by atoms with Gasteiger partial charge in [0.2, 0.25) is 0 Å². The molecule has 3 aromatic rings. The SMILES string of the molecule is O=C(CCC(=O)Oc1ccccc1C(=O)Nc1cc(C(F)(F)F)ccc1Cl)CCc1cccnc1. The second-order valence-electron chi connectivity index (χ2n) is 7.52. The minimum Gasteiger partial charge on any atom is -0.426 e. The molecule has 1 N–H and O–H groups in total. The molecule has 2 aromatic carbocycles. The molecule has 0 radical (unpaired) electrons. The highest BCUT2D eigenvalue weighted by Crippen LogP contribution is 2.34. The van der Waals surface area contributed by atoms with Crippen molar-refractivity contribution in [2.24, 2.45) is 0 Å². The molecule has 0 saturated carbocycles. The molecule has 10 heteroatoms. The Bertz CT molecular complexity index is 1220. The molecule has 6 nitrogen and oxygen atoms in total. The van der Waals surface area contributed by atoms with Crippen LogP contribution in [0.15, 0.2) is 67.0 Å². The molecule has 0 atom stereocenters. The number of ketones is 1. The van der Waals surface area contributed by atoms with E-state index >= 15 is 0 Å². The van der Waals surface area contributed by atoms with Crippen molar-refractivity contribution >= 4 is 34.9 Å². The molecule has 0 aliphatic heterocycles. The minimum atomic E-state index is -4.62. The number of carbonyl (C=O) groups is 3. The number of para-hydroxylation sites is 1. The van der Waals surface area contributed by atoms with Gasteiger partial charge in [0.25, 0.3) is 5.91 Å². The Hall–Kier alpha value is -3.72. The summed E-state index contributed by atoms with van der Waals surface area (Å²) in [5.41, 5.74) is -0.404. The van der Waals surface area contributed by atoms with E-state index in [9.17, 15) is 27.6 Å². The van der Waals surface area contributed by atoms with Crippen LogP contribution in [0.5, 0.6) is 5.75 Å². The zero-order chi connectivity index (χ0) is 25.4. The molecule has 0 spiro atoms. The van der Waals surface area contributed by atoms with Crippen LogP contribution in [0.1, 0.15) is 40.7 Å². The quantitative estimate of drug-likeness (QED) is 0.290. The Morgan fingerprint density at radius 2 is 1.74 bits per heavy atom. The highest BCUT2D eigenvalue weighted by atomic mass is 35.5. The summed E-state index contributed by atoms with van der Waals surface area (Å²) < 4.78 is 44.2. The average molecular weight is 505 g/mol. The fourth-order valence-electron chi connectivity index (χ4n) is 3.10. The molecule has 35 heavy (non-hydrogen) atoms. The first-order valence-corrected chi connectivity index (χ1v) is 10.9. The largest absolute Gasteiger partial charge is 0.426 e. The lowest BCUT2D eigenvalue weighted by atomic mass is 10.1. The van der Waals surface area contributed by atoms with Gasteiger partial charge in [-0.1, -0.05) is 29.8 Å². The third kappa shape index (κ3) is 7.65. The number of amides is 1. The third-order valence-corrected chi connectivity index (χ3v) is 5.25. The van der Waals surface area contributed by atoms with Gasteiger partial charge in [0, 0.05) is 25.2 Å². The Morgan fingerprint density at radius 1 is 0.971 bits per heavy atom. The molecule has 1 heterocycles. The van der Waals surface area contributed by atoms with Crippen LogP contribution in [-0.2, 0) is 22.2 Å². The Labute approximate surface area is 204 Å². The lowest BCUT2D eigenvalue weighted by Gasteiger charge is -2.13. The van der Waals surface area contributed by atoms with Crippen molar-refractivity contribution in [2.75, 3.05) is 5.32 Å². The summed E-state index contributed by atoms with van der Waals surface area (Å²) in [7, 11) is 0. The highest BCUT2D eigenvalue weighted by Gasteiger charge is 2.31. The van der Waals surface area contributed by atoms with Crippen LogP contribution < -0.4 is 10.1 Å². The van der Waals surface area contributed by atoms with Gasteiger partial charge in [-0.25, -0.2) is 0 Å². The predicted molar refractivity (Wildman–Crippen MR) is 123 cm³/mol. The first-order valence-electron chi connectivity index (χ1n) is 10.5. The van der Waals surface area contributed by atoms with Gasteiger partial charge in [-0.2, -0.15) is 13.2 Å². The maximum Gasteiger partial charge on any atom is 0.416 e. The zero-order valence-corrected chi connectivity index (χ0v) is 19.0. The minimum absolute atomic E-state index is 0.0344. The van der Waals surface area contributed by atoms with E-state index < -0.39 is 23.6 Å². The number of hydrogen-bond donors (Lipinski definition) is 1. The zero-order valence-electron chi connectivity index (χ0n) is 18.3. The molecule has 1 aromatic heterocycles. The molecular weight excluding hydrogens is 485 g/mol. The number of esters is 1. The van der Waals surface area contributed by atoms with E-state index in [1.54, 1.807) is 18.5 Å². The van der Waals surface area contributed by atoms with Crippen molar-refractivity contribution in [2.45, 2.75) is 31.9 Å². The summed E-state index contributed by atoms with van der Waals surface area (Å²) in [6.07, 6.45) is -0.802. The van der Waals surface area contributed by atoms with E-state index in [0.717, 1.165) is 17.7 Å². The number of pyridine rings is 1. The number of aromatic nitrogens is 1. The number of halogens is 4. The summed E-state index contributed by atoms with van der Waals surface area (Å²) in [4.78, 5) is 41.1. The lowest BCUT2D eigenvalue weighted by molar-refractivity contribution is -0.137. The number of anilines is 1. The lowest BCUT2D eigenvalue weighted by Crippen LogP contribution is -2.17. The van der Waals surface area contributed by atoms with Crippen molar-refractivity contribution in [3.63, 3.8) is 0 Å². The molecule has 0 saturated heterocycles. The van der Waals surface area contributed by atoms with E-state index in [2.05, 4.69) is 10.3 Å². The Kier molecular flexibility index (Phi) is 8.59. The molecule has 0 fully saturated rings.